The van der Waals surface area contributed by atoms with E-state index in [1.807, 2.05) is 13.8 Å². The lowest BCUT2D eigenvalue weighted by molar-refractivity contribution is 0.219. The number of aryl methyl sites for hydroxylation is 1. The van der Waals surface area contributed by atoms with E-state index in [4.69, 9.17) is 15.2 Å². The maximum atomic E-state index is 13.2. The number of hydrogen-bond acceptors (Lipinski definition) is 6. The molecule has 0 fully saturated rings. The Kier molecular flexibility index (Phi) is 3.97. The van der Waals surface area contributed by atoms with Gasteiger partial charge in [-0.2, -0.15) is 9.97 Å². The number of halogens is 1. The van der Waals surface area contributed by atoms with Gasteiger partial charge in [0.05, 0.1) is 6.10 Å². The van der Waals surface area contributed by atoms with Crippen LogP contribution in [0.25, 0.3) is 0 Å². The molecule has 0 unspecified atom stereocenters. The lowest BCUT2D eigenvalue weighted by Crippen LogP contribution is -2.11. The zero-order chi connectivity index (χ0) is 14.7. The molecule has 2 N–H and O–H groups in total. The molecule has 0 bridgehead atoms. The van der Waals surface area contributed by atoms with Crippen molar-refractivity contribution in [3.05, 3.63) is 29.6 Å². The van der Waals surface area contributed by atoms with Gasteiger partial charge in [0.15, 0.2) is 0 Å². The van der Waals surface area contributed by atoms with Crippen LogP contribution in [0.1, 0.15) is 19.4 Å². The third-order valence-corrected chi connectivity index (χ3v) is 2.29. The SMILES string of the molecule is Cc1cc(Oc2nc(N)nc(OC(C)C)n2)ccc1F. The molecular weight excluding hydrogens is 263 g/mol. The highest BCUT2D eigenvalue weighted by Gasteiger charge is 2.10. The number of nitrogens with two attached hydrogens (primary N) is 1. The van der Waals surface area contributed by atoms with Gasteiger partial charge in [0.2, 0.25) is 5.95 Å². The molecule has 1 aromatic carbocycles. The van der Waals surface area contributed by atoms with Crippen molar-refractivity contribution in [2.45, 2.75) is 26.9 Å². The standard InChI is InChI=1S/C13H15FN4O2/c1-7(2)19-12-16-11(15)17-13(18-12)20-9-4-5-10(14)8(3)6-9/h4-7H,1-3H3,(H2,15,16,17,18). The van der Waals surface area contributed by atoms with Gasteiger partial charge < -0.3 is 15.2 Å². The fourth-order valence-corrected chi connectivity index (χ4v) is 1.45. The van der Waals surface area contributed by atoms with Crippen LogP contribution in [0, 0.1) is 12.7 Å². The number of aromatic nitrogens is 3. The van der Waals surface area contributed by atoms with Crippen LogP contribution in [0.3, 0.4) is 0 Å². The van der Waals surface area contributed by atoms with Crippen molar-refractivity contribution in [1.82, 2.24) is 15.0 Å². The van der Waals surface area contributed by atoms with E-state index in [-0.39, 0.29) is 29.9 Å². The molecule has 6 nitrogen and oxygen atoms in total. The van der Waals surface area contributed by atoms with Crippen LogP contribution >= 0.6 is 0 Å². The van der Waals surface area contributed by atoms with E-state index in [9.17, 15) is 4.39 Å². The van der Waals surface area contributed by atoms with Gasteiger partial charge in [-0.05, 0) is 44.5 Å². The van der Waals surface area contributed by atoms with E-state index in [1.165, 1.54) is 18.2 Å². The molecule has 0 aliphatic heterocycles. The summed E-state index contributed by atoms with van der Waals surface area (Å²) in [5, 5.41) is 0. The molecule has 0 amide bonds. The third kappa shape index (κ3) is 3.53. The molecule has 7 heteroatoms. The minimum absolute atomic E-state index is 0.000779. The van der Waals surface area contributed by atoms with Crippen molar-refractivity contribution < 1.29 is 13.9 Å². The second kappa shape index (κ2) is 5.68. The minimum atomic E-state index is -0.309. The third-order valence-electron chi connectivity index (χ3n) is 2.29. The van der Waals surface area contributed by atoms with Gasteiger partial charge >= 0.3 is 12.0 Å². The smallest absolute Gasteiger partial charge is 0.330 e. The molecule has 0 saturated heterocycles. The van der Waals surface area contributed by atoms with E-state index in [1.54, 1.807) is 6.92 Å². The Morgan fingerprint density at radius 1 is 1.15 bits per heavy atom. The number of nitrogen functional groups attached to an aromatic ring is 1. The molecule has 0 saturated carbocycles. The number of rotatable bonds is 4. The Morgan fingerprint density at radius 3 is 2.50 bits per heavy atom. The lowest BCUT2D eigenvalue weighted by Gasteiger charge is -2.09. The van der Waals surface area contributed by atoms with Gasteiger partial charge in [-0.1, -0.05) is 0 Å². The van der Waals surface area contributed by atoms with E-state index < -0.39 is 0 Å². The summed E-state index contributed by atoms with van der Waals surface area (Å²) >= 11 is 0. The number of ether oxygens (including phenoxy) is 2. The second-order valence-electron chi connectivity index (χ2n) is 4.44. The number of benzene rings is 1. The van der Waals surface area contributed by atoms with Gasteiger partial charge in [0, 0.05) is 0 Å². The molecule has 20 heavy (non-hydrogen) atoms. The van der Waals surface area contributed by atoms with E-state index in [2.05, 4.69) is 15.0 Å². The first-order chi connectivity index (χ1) is 9.44. The minimum Gasteiger partial charge on any atom is -0.461 e. The van der Waals surface area contributed by atoms with Crippen molar-refractivity contribution in [3.8, 4) is 17.8 Å². The second-order valence-corrected chi connectivity index (χ2v) is 4.44. The molecule has 2 aromatic rings. The van der Waals surface area contributed by atoms with Gasteiger partial charge in [-0.15, -0.1) is 4.98 Å². The van der Waals surface area contributed by atoms with Crippen LogP contribution in [-0.2, 0) is 0 Å². The molecule has 0 radical (unpaired) electrons. The molecule has 0 aliphatic rings. The highest BCUT2D eigenvalue weighted by atomic mass is 19.1. The summed E-state index contributed by atoms with van der Waals surface area (Å²) in [7, 11) is 0. The zero-order valence-corrected chi connectivity index (χ0v) is 11.4. The largest absolute Gasteiger partial charge is 0.461 e. The van der Waals surface area contributed by atoms with Crippen LogP contribution in [-0.4, -0.2) is 21.1 Å². The first-order valence-corrected chi connectivity index (χ1v) is 6.06. The highest BCUT2D eigenvalue weighted by molar-refractivity contribution is 5.31. The Bertz CT molecular complexity index is 619. The zero-order valence-electron chi connectivity index (χ0n) is 11.4. The monoisotopic (exact) mass is 278 g/mol. The average molecular weight is 278 g/mol. The Labute approximate surface area is 115 Å². The summed E-state index contributed by atoms with van der Waals surface area (Å²) in [6.07, 6.45) is -0.0993. The number of hydrogen-bond donors (Lipinski definition) is 1. The maximum Gasteiger partial charge on any atom is 0.330 e. The molecule has 106 valence electrons. The summed E-state index contributed by atoms with van der Waals surface area (Å²) in [6, 6.07) is 4.41. The van der Waals surface area contributed by atoms with E-state index in [0.717, 1.165) is 0 Å². The lowest BCUT2D eigenvalue weighted by atomic mass is 10.2. The molecule has 2 rings (SSSR count). The number of anilines is 1. The first kappa shape index (κ1) is 14.0. The van der Waals surface area contributed by atoms with Crippen molar-refractivity contribution >= 4 is 5.95 Å². The van der Waals surface area contributed by atoms with Crippen LogP contribution in [0.4, 0.5) is 10.3 Å². The highest BCUT2D eigenvalue weighted by Crippen LogP contribution is 2.22. The van der Waals surface area contributed by atoms with E-state index in [0.29, 0.717) is 11.3 Å². The predicted octanol–water partition coefficient (Wildman–Crippen LogP) is 2.48. The summed E-state index contributed by atoms with van der Waals surface area (Å²) in [6.45, 7) is 5.31. The summed E-state index contributed by atoms with van der Waals surface area (Å²) in [5.74, 6) is 0.0887. The van der Waals surface area contributed by atoms with Crippen LogP contribution in [0.15, 0.2) is 18.2 Å². The topological polar surface area (TPSA) is 83.2 Å². The molecule has 1 heterocycles. The van der Waals surface area contributed by atoms with Crippen molar-refractivity contribution in [2.75, 3.05) is 5.73 Å². The van der Waals surface area contributed by atoms with Gasteiger partial charge in [-0.3, -0.25) is 0 Å². The van der Waals surface area contributed by atoms with Crippen LogP contribution in [0.2, 0.25) is 0 Å². The van der Waals surface area contributed by atoms with Crippen molar-refractivity contribution in [3.63, 3.8) is 0 Å². The van der Waals surface area contributed by atoms with Crippen LogP contribution < -0.4 is 15.2 Å². The number of nitrogens with zero attached hydrogens (tertiary/aromatic N) is 3. The summed E-state index contributed by atoms with van der Waals surface area (Å²) in [5.41, 5.74) is 6.02. The van der Waals surface area contributed by atoms with Gasteiger partial charge in [0.25, 0.3) is 0 Å². The molecule has 0 atom stereocenters. The normalized spacial score (nSPS) is 10.7. The Morgan fingerprint density at radius 2 is 1.85 bits per heavy atom. The fraction of sp³-hybridized carbons (Fsp3) is 0.308. The molecule has 1 aromatic heterocycles. The van der Waals surface area contributed by atoms with Crippen molar-refractivity contribution in [1.29, 1.82) is 0 Å². The Hall–Kier alpha value is -2.44. The quantitative estimate of drug-likeness (QED) is 0.925. The predicted molar refractivity (Wildman–Crippen MR) is 71.2 cm³/mol. The van der Waals surface area contributed by atoms with Crippen LogP contribution in [0.5, 0.6) is 17.8 Å². The van der Waals surface area contributed by atoms with Crippen molar-refractivity contribution in [2.24, 2.45) is 0 Å². The van der Waals surface area contributed by atoms with Gasteiger partial charge in [0.1, 0.15) is 11.6 Å². The van der Waals surface area contributed by atoms with E-state index >= 15 is 0 Å². The molecule has 0 spiro atoms. The Balaban J connectivity index is 2.24. The first-order valence-electron chi connectivity index (χ1n) is 6.06. The fourth-order valence-electron chi connectivity index (χ4n) is 1.45. The average Bonchev–Trinajstić information content (AvgIpc) is 2.32. The maximum absolute atomic E-state index is 13.2. The molecular formula is C13H15FN4O2. The summed E-state index contributed by atoms with van der Waals surface area (Å²) in [4.78, 5) is 11.7. The molecule has 0 aliphatic carbocycles. The van der Waals surface area contributed by atoms with Gasteiger partial charge in [-0.25, -0.2) is 4.39 Å². The summed E-state index contributed by atoms with van der Waals surface area (Å²) < 4.78 is 23.9.